The van der Waals surface area contributed by atoms with Crippen LogP contribution in [0, 0.1) is 0 Å². The third-order valence-corrected chi connectivity index (χ3v) is 6.33. The maximum atomic E-state index is 12.3. The Kier molecular flexibility index (Phi) is 5.73. The first-order chi connectivity index (χ1) is 12.5. The van der Waals surface area contributed by atoms with Crippen molar-refractivity contribution in [2.45, 2.75) is 19.5 Å². The fraction of sp³-hybridized carbons (Fsp3) is 0.444. The molecule has 0 fully saturated rings. The average molecular weight is 376 g/mol. The van der Waals surface area contributed by atoms with Gasteiger partial charge in [-0.1, -0.05) is 25.1 Å². The number of hydrogen-bond donors (Lipinski definition) is 1. The van der Waals surface area contributed by atoms with Crippen molar-refractivity contribution >= 4 is 15.7 Å². The van der Waals surface area contributed by atoms with E-state index in [1.165, 1.54) is 0 Å². The fourth-order valence-corrected chi connectivity index (χ4v) is 3.93. The minimum Gasteiger partial charge on any atom is -0.350 e. The van der Waals surface area contributed by atoms with E-state index in [1.807, 2.05) is 28.9 Å². The highest BCUT2D eigenvalue weighted by atomic mass is 32.2. The normalized spacial score (nSPS) is 17.7. The molecule has 1 aromatic heterocycles. The van der Waals surface area contributed by atoms with Crippen LogP contribution >= 0.6 is 0 Å². The minimum absolute atomic E-state index is 0.0225. The van der Waals surface area contributed by atoms with Gasteiger partial charge in [0.2, 0.25) is 0 Å². The molecule has 1 aromatic carbocycles. The zero-order chi connectivity index (χ0) is 18.6. The van der Waals surface area contributed by atoms with Crippen LogP contribution in [0.4, 0.5) is 0 Å². The first kappa shape index (κ1) is 18.6. The summed E-state index contributed by atoms with van der Waals surface area (Å²) >= 11 is 0. The zero-order valence-electron chi connectivity index (χ0n) is 14.8. The Bertz CT molecular complexity index is 848. The number of hydrogen-bond acceptors (Lipinski definition) is 5. The predicted octanol–water partition coefficient (Wildman–Crippen LogP) is 1.10. The zero-order valence-corrected chi connectivity index (χ0v) is 15.7. The Balaban J connectivity index is 1.64. The van der Waals surface area contributed by atoms with E-state index in [0.29, 0.717) is 31.7 Å². The first-order valence-electron chi connectivity index (χ1n) is 8.77. The summed E-state index contributed by atoms with van der Waals surface area (Å²) in [5.41, 5.74) is 1.65. The highest BCUT2D eigenvalue weighted by Gasteiger charge is 2.26. The van der Waals surface area contributed by atoms with Gasteiger partial charge in [0.25, 0.3) is 5.91 Å². The molecule has 8 heteroatoms. The number of nitrogens with one attached hydrogen (secondary N) is 1. The van der Waals surface area contributed by atoms with Crippen LogP contribution < -0.4 is 5.32 Å². The second kappa shape index (κ2) is 8.01. The van der Waals surface area contributed by atoms with Crippen molar-refractivity contribution in [1.82, 2.24) is 20.0 Å². The molecular weight excluding hydrogens is 352 g/mol. The summed E-state index contributed by atoms with van der Waals surface area (Å²) in [6, 6.07) is 11.0. The van der Waals surface area contributed by atoms with Gasteiger partial charge in [0, 0.05) is 43.7 Å². The molecule has 3 rings (SSSR count). The van der Waals surface area contributed by atoms with Gasteiger partial charge >= 0.3 is 0 Å². The molecule has 0 radical (unpaired) electrons. The Morgan fingerprint density at radius 2 is 2.04 bits per heavy atom. The van der Waals surface area contributed by atoms with Crippen LogP contribution in [-0.4, -0.2) is 60.1 Å². The van der Waals surface area contributed by atoms with Gasteiger partial charge in [-0.3, -0.25) is 14.4 Å². The molecule has 0 aliphatic carbocycles. The van der Waals surface area contributed by atoms with Crippen LogP contribution in [-0.2, 0) is 16.4 Å². The average Bonchev–Trinajstić information content (AvgIpc) is 3.13. The second-order valence-electron chi connectivity index (χ2n) is 6.47. The van der Waals surface area contributed by atoms with E-state index in [2.05, 4.69) is 15.3 Å². The summed E-state index contributed by atoms with van der Waals surface area (Å²) in [5, 5.41) is 7.33. The summed E-state index contributed by atoms with van der Waals surface area (Å²) in [7, 11) is -3.00. The maximum Gasteiger partial charge on any atom is 0.251 e. The van der Waals surface area contributed by atoms with Crippen LogP contribution in [0.1, 0.15) is 29.0 Å². The standard InChI is InChI=1S/C18H24N4O3S/c1-2-26(24,25)11-10-21-13-16-8-9-20-22(16)17(14-21)12-19-18(23)15-6-4-3-5-7-15/h3-9,17H,2,10-14H2,1H3,(H,19,23)/t17-/m0/s1. The van der Waals surface area contributed by atoms with Gasteiger partial charge in [-0.05, 0) is 18.2 Å². The highest BCUT2D eigenvalue weighted by Crippen LogP contribution is 2.20. The number of sulfone groups is 1. The number of carbonyl (C=O) groups is 1. The topological polar surface area (TPSA) is 84.3 Å². The van der Waals surface area contributed by atoms with E-state index in [-0.39, 0.29) is 23.5 Å². The second-order valence-corrected chi connectivity index (χ2v) is 8.94. The summed E-state index contributed by atoms with van der Waals surface area (Å²) in [6.07, 6.45) is 1.74. The SMILES string of the molecule is CCS(=O)(=O)CCN1Cc2ccnn2[C@@H](CNC(=O)c2ccccc2)C1. The van der Waals surface area contributed by atoms with Crippen LogP contribution in [0.25, 0.3) is 0 Å². The number of nitrogens with zero attached hydrogens (tertiary/aromatic N) is 3. The van der Waals surface area contributed by atoms with E-state index in [4.69, 9.17) is 0 Å². The van der Waals surface area contributed by atoms with Crippen LogP contribution in [0.3, 0.4) is 0 Å². The van der Waals surface area contributed by atoms with Crippen molar-refractivity contribution in [3.63, 3.8) is 0 Å². The van der Waals surface area contributed by atoms with E-state index < -0.39 is 9.84 Å². The Labute approximate surface area is 153 Å². The van der Waals surface area contributed by atoms with Crippen LogP contribution in [0.15, 0.2) is 42.6 Å². The van der Waals surface area contributed by atoms with Gasteiger partial charge in [-0.15, -0.1) is 0 Å². The third kappa shape index (κ3) is 4.50. The lowest BCUT2D eigenvalue weighted by molar-refractivity contribution is 0.0935. The Hall–Kier alpha value is -2.19. The molecule has 2 heterocycles. The molecule has 7 nitrogen and oxygen atoms in total. The summed E-state index contributed by atoms with van der Waals surface area (Å²) < 4.78 is 25.5. The minimum atomic E-state index is -3.00. The molecule has 1 aliphatic rings. The lowest BCUT2D eigenvalue weighted by Gasteiger charge is -2.33. The summed E-state index contributed by atoms with van der Waals surface area (Å²) in [5.74, 6) is 0.195. The fourth-order valence-electron chi connectivity index (χ4n) is 3.10. The van der Waals surface area contributed by atoms with Crippen molar-refractivity contribution in [2.75, 3.05) is 31.1 Å². The number of fused-ring (bicyclic) bond motifs is 1. The summed E-state index contributed by atoms with van der Waals surface area (Å²) in [4.78, 5) is 14.4. The third-order valence-electron chi connectivity index (χ3n) is 4.65. The van der Waals surface area contributed by atoms with E-state index in [0.717, 1.165) is 5.69 Å². The van der Waals surface area contributed by atoms with E-state index >= 15 is 0 Å². The van der Waals surface area contributed by atoms with E-state index in [1.54, 1.807) is 25.3 Å². The molecule has 0 spiro atoms. The monoisotopic (exact) mass is 376 g/mol. The summed E-state index contributed by atoms with van der Waals surface area (Å²) in [6.45, 7) is 3.93. The molecular formula is C18H24N4O3S. The van der Waals surface area contributed by atoms with Gasteiger partial charge in [-0.25, -0.2) is 8.42 Å². The largest absolute Gasteiger partial charge is 0.350 e. The van der Waals surface area contributed by atoms with Gasteiger partial charge in [0.1, 0.15) is 0 Å². The molecule has 26 heavy (non-hydrogen) atoms. The number of carbonyl (C=O) groups excluding carboxylic acids is 1. The van der Waals surface area contributed by atoms with Gasteiger partial charge < -0.3 is 5.32 Å². The molecule has 1 amide bonds. The highest BCUT2D eigenvalue weighted by molar-refractivity contribution is 7.91. The molecule has 2 aromatic rings. The van der Waals surface area contributed by atoms with Crippen LogP contribution in [0.5, 0.6) is 0 Å². The Morgan fingerprint density at radius 3 is 2.77 bits per heavy atom. The molecule has 0 unspecified atom stereocenters. The molecule has 0 saturated heterocycles. The number of benzene rings is 1. The maximum absolute atomic E-state index is 12.3. The molecule has 0 saturated carbocycles. The first-order valence-corrected chi connectivity index (χ1v) is 10.6. The van der Waals surface area contributed by atoms with Crippen molar-refractivity contribution in [3.05, 3.63) is 53.9 Å². The molecule has 140 valence electrons. The van der Waals surface area contributed by atoms with E-state index in [9.17, 15) is 13.2 Å². The molecule has 1 aliphatic heterocycles. The molecule has 0 bridgehead atoms. The van der Waals surface area contributed by atoms with Crippen molar-refractivity contribution in [3.8, 4) is 0 Å². The molecule has 1 atom stereocenters. The van der Waals surface area contributed by atoms with Crippen LogP contribution in [0.2, 0.25) is 0 Å². The number of amides is 1. The quantitative estimate of drug-likeness (QED) is 0.782. The van der Waals surface area contributed by atoms with Crippen molar-refractivity contribution in [2.24, 2.45) is 0 Å². The van der Waals surface area contributed by atoms with Gasteiger partial charge in [0.15, 0.2) is 9.84 Å². The van der Waals surface area contributed by atoms with Gasteiger partial charge in [0.05, 0.1) is 17.5 Å². The number of aromatic nitrogens is 2. The smallest absolute Gasteiger partial charge is 0.251 e. The van der Waals surface area contributed by atoms with Gasteiger partial charge in [-0.2, -0.15) is 5.10 Å². The lowest BCUT2D eigenvalue weighted by Crippen LogP contribution is -2.44. The van der Waals surface area contributed by atoms with Crippen molar-refractivity contribution in [1.29, 1.82) is 0 Å². The Morgan fingerprint density at radius 1 is 1.27 bits per heavy atom. The predicted molar refractivity (Wildman–Crippen MR) is 99.6 cm³/mol. The van der Waals surface area contributed by atoms with Crippen molar-refractivity contribution < 1.29 is 13.2 Å². The lowest BCUT2D eigenvalue weighted by atomic mass is 10.1. The molecule has 1 N–H and O–H groups in total. The number of rotatable bonds is 7.